The van der Waals surface area contributed by atoms with Gasteiger partial charge in [0.1, 0.15) is 17.1 Å². The smallest absolute Gasteiger partial charge is 0.282 e. The number of sulfone groups is 1. The topological polar surface area (TPSA) is 61.2 Å². The van der Waals surface area contributed by atoms with Crippen molar-refractivity contribution in [2.45, 2.75) is 11.3 Å². The van der Waals surface area contributed by atoms with E-state index in [1.807, 2.05) is 0 Å². The maximum Gasteiger partial charge on any atom is 0.282 e. The highest BCUT2D eigenvalue weighted by Crippen LogP contribution is 2.32. The molecule has 0 radical (unpaired) electrons. The van der Waals surface area contributed by atoms with E-state index in [0.717, 1.165) is 6.26 Å². The summed E-state index contributed by atoms with van der Waals surface area (Å²) < 4.78 is 56.3. The lowest BCUT2D eigenvalue weighted by molar-refractivity contribution is 0.145. The van der Waals surface area contributed by atoms with E-state index in [4.69, 9.17) is 4.74 Å². The third-order valence-corrected chi connectivity index (χ3v) is 4.97. The van der Waals surface area contributed by atoms with Crippen LogP contribution in [-0.2, 0) is 9.84 Å². The van der Waals surface area contributed by atoms with Gasteiger partial charge in [-0.2, -0.15) is 5.10 Å². The summed E-state index contributed by atoms with van der Waals surface area (Å²) in [7, 11) is -1.86. The molecule has 2 aromatic carbocycles. The summed E-state index contributed by atoms with van der Waals surface area (Å²) in [5, 5.41) is 4.00. The lowest BCUT2D eigenvalue weighted by Crippen LogP contribution is -2.03. The van der Waals surface area contributed by atoms with Crippen molar-refractivity contribution >= 4 is 9.84 Å². The number of aromatic nitrogens is 2. The second-order valence-electron chi connectivity index (χ2n) is 5.64. The van der Waals surface area contributed by atoms with Crippen molar-refractivity contribution in [1.29, 1.82) is 0 Å². The van der Waals surface area contributed by atoms with E-state index in [2.05, 4.69) is 5.10 Å². The van der Waals surface area contributed by atoms with Crippen LogP contribution in [0.4, 0.5) is 8.78 Å². The molecule has 1 aromatic heterocycles. The van der Waals surface area contributed by atoms with Gasteiger partial charge in [0, 0.05) is 11.8 Å². The maximum atomic E-state index is 13.2. The van der Waals surface area contributed by atoms with Crippen LogP contribution >= 0.6 is 0 Å². The summed E-state index contributed by atoms with van der Waals surface area (Å²) in [6, 6.07) is 14.2. The molecule has 0 aliphatic rings. The Hall–Kier alpha value is -2.74. The number of para-hydroxylation sites is 2. The first-order valence-corrected chi connectivity index (χ1v) is 9.52. The number of benzene rings is 2. The number of ether oxygens (including phenoxy) is 1. The molecule has 0 amide bonds. The lowest BCUT2D eigenvalue weighted by Gasteiger charge is -2.12. The van der Waals surface area contributed by atoms with Gasteiger partial charge in [-0.3, -0.25) is 0 Å². The highest BCUT2D eigenvalue weighted by molar-refractivity contribution is 7.90. The first kappa shape index (κ1) is 18.1. The Kier molecular flexibility index (Phi) is 4.78. The molecule has 0 spiro atoms. The highest BCUT2D eigenvalue weighted by atomic mass is 32.2. The van der Waals surface area contributed by atoms with Crippen molar-refractivity contribution in [3.8, 4) is 22.7 Å². The normalized spacial score (nSPS) is 11.7. The Bertz CT molecular complexity index is 1030. The molecule has 0 atom stereocenters. The number of hydrogen-bond acceptors (Lipinski definition) is 4. The van der Waals surface area contributed by atoms with Gasteiger partial charge in [-0.25, -0.2) is 21.9 Å². The summed E-state index contributed by atoms with van der Waals surface area (Å²) in [4.78, 5) is 0.152. The van der Waals surface area contributed by atoms with E-state index >= 15 is 0 Å². The molecule has 3 rings (SSSR count). The van der Waals surface area contributed by atoms with Gasteiger partial charge in [0.05, 0.1) is 17.7 Å². The van der Waals surface area contributed by atoms with Crippen molar-refractivity contribution in [2.75, 3.05) is 13.4 Å². The average molecular weight is 378 g/mol. The first-order valence-electron chi connectivity index (χ1n) is 7.63. The van der Waals surface area contributed by atoms with Gasteiger partial charge in [-0.1, -0.05) is 24.3 Å². The number of rotatable bonds is 5. The van der Waals surface area contributed by atoms with Gasteiger partial charge < -0.3 is 4.74 Å². The van der Waals surface area contributed by atoms with Gasteiger partial charge in [0.25, 0.3) is 6.43 Å². The van der Waals surface area contributed by atoms with Gasteiger partial charge in [-0.05, 0) is 30.3 Å². The van der Waals surface area contributed by atoms with Crippen molar-refractivity contribution in [2.24, 2.45) is 0 Å². The molecule has 0 bridgehead atoms. The summed E-state index contributed by atoms with van der Waals surface area (Å²) in [6.07, 6.45) is -1.63. The fraction of sp³-hybridized carbons (Fsp3) is 0.167. The van der Waals surface area contributed by atoms with E-state index in [-0.39, 0.29) is 10.6 Å². The molecule has 0 aliphatic carbocycles. The molecular weight excluding hydrogens is 362 g/mol. The molecule has 0 aliphatic heterocycles. The summed E-state index contributed by atoms with van der Waals surface area (Å²) in [5.41, 5.74) is 1.09. The molecule has 0 N–H and O–H groups in total. The van der Waals surface area contributed by atoms with Crippen LogP contribution in [0.2, 0.25) is 0 Å². The molecule has 8 heteroatoms. The third-order valence-electron chi connectivity index (χ3n) is 3.84. The van der Waals surface area contributed by atoms with Crippen LogP contribution in [0.1, 0.15) is 12.1 Å². The summed E-state index contributed by atoms with van der Waals surface area (Å²) in [6.45, 7) is 0. The molecule has 0 fully saturated rings. The summed E-state index contributed by atoms with van der Waals surface area (Å²) in [5.74, 6) is 0.477. The summed E-state index contributed by atoms with van der Waals surface area (Å²) >= 11 is 0. The van der Waals surface area contributed by atoms with Crippen molar-refractivity contribution in [1.82, 2.24) is 9.78 Å². The van der Waals surface area contributed by atoms with Crippen LogP contribution in [0.25, 0.3) is 16.9 Å². The number of halogens is 2. The van der Waals surface area contributed by atoms with E-state index in [1.54, 1.807) is 36.4 Å². The zero-order valence-corrected chi connectivity index (χ0v) is 14.9. The lowest BCUT2D eigenvalue weighted by atomic mass is 10.1. The van der Waals surface area contributed by atoms with Crippen LogP contribution in [0.5, 0.6) is 5.75 Å². The van der Waals surface area contributed by atoms with Crippen molar-refractivity contribution in [3.05, 3.63) is 60.3 Å². The fourth-order valence-electron chi connectivity index (χ4n) is 2.57. The minimum atomic E-state index is -3.35. The largest absolute Gasteiger partial charge is 0.494 e. The Morgan fingerprint density at radius 3 is 2.31 bits per heavy atom. The predicted octanol–water partition coefficient (Wildman–Crippen LogP) is 3.89. The molecule has 26 heavy (non-hydrogen) atoms. The Labute approximate surface area is 149 Å². The molecule has 0 unspecified atom stereocenters. The zero-order chi connectivity index (χ0) is 18.9. The van der Waals surface area contributed by atoms with E-state index in [0.29, 0.717) is 22.7 Å². The monoisotopic (exact) mass is 378 g/mol. The van der Waals surface area contributed by atoms with Gasteiger partial charge in [0.2, 0.25) is 0 Å². The highest BCUT2D eigenvalue weighted by Gasteiger charge is 2.20. The van der Waals surface area contributed by atoms with Crippen LogP contribution in [0.3, 0.4) is 0 Å². The van der Waals surface area contributed by atoms with Crippen LogP contribution < -0.4 is 4.74 Å². The molecule has 1 heterocycles. The van der Waals surface area contributed by atoms with E-state index < -0.39 is 16.3 Å². The maximum absolute atomic E-state index is 13.2. The van der Waals surface area contributed by atoms with Crippen LogP contribution in [-0.4, -0.2) is 31.6 Å². The molecule has 0 saturated heterocycles. The predicted molar refractivity (Wildman–Crippen MR) is 93.6 cm³/mol. The van der Waals surface area contributed by atoms with Crippen molar-refractivity contribution < 1.29 is 21.9 Å². The standard InChI is InChI=1S/C18H16F2N2O3S/c1-25-17-6-4-3-5-15(17)22-16(11-14(21-22)18(19)20)12-7-9-13(10-8-12)26(2,23)24/h3-11,18H,1-2H3. The minimum absolute atomic E-state index is 0.152. The van der Waals surface area contributed by atoms with Gasteiger partial charge >= 0.3 is 0 Å². The molecule has 3 aromatic rings. The van der Waals surface area contributed by atoms with E-state index in [1.165, 1.54) is 30.0 Å². The third kappa shape index (κ3) is 3.45. The minimum Gasteiger partial charge on any atom is -0.494 e. The number of hydrogen-bond donors (Lipinski definition) is 0. The van der Waals surface area contributed by atoms with E-state index in [9.17, 15) is 17.2 Å². The Morgan fingerprint density at radius 1 is 1.08 bits per heavy atom. The molecular formula is C18H16F2N2O3S. The molecule has 136 valence electrons. The number of methoxy groups -OCH3 is 1. The first-order chi connectivity index (χ1) is 12.3. The second kappa shape index (κ2) is 6.87. The molecule has 0 saturated carbocycles. The second-order valence-corrected chi connectivity index (χ2v) is 7.65. The number of alkyl halides is 2. The Balaban J connectivity index is 2.18. The Morgan fingerprint density at radius 2 is 1.73 bits per heavy atom. The SMILES string of the molecule is COc1ccccc1-n1nc(C(F)F)cc1-c1ccc(S(C)(=O)=O)cc1. The molecule has 5 nitrogen and oxygen atoms in total. The number of nitrogens with zero attached hydrogens (tertiary/aromatic N) is 2. The fourth-order valence-corrected chi connectivity index (χ4v) is 3.20. The van der Waals surface area contributed by atoms with Gasteiger partial charge in [-0.15, -0.1) is 0 Å². The van der Waals surface area contributed by atoms with Crippen LogP contribution in [0, 0.1) is 0 Å². The quantitative estimate of drug-likeness (QED) is 0.676. The van der Waals surface area contributed by atoms with Gasteiger partial charge in [0.15, 0.2) is 9.84 Å². The average Bonchev–Trinajstić information content (AvgIpc) is 3.06. The van der Waals surface area contributed by atoms with Crippen LogP contribution in [0.15, 0.2) is 59.5 Å². The van der Waals surface area contributed by atoms with Crippen molar-refractivity contribution in [3.63, 3.8) is 0 Å². The zero-order valence-electron chi connectivity index (χ0n) is 14.1.